The first-order valence-electron chi connectivity index (χ1n) is 22.9. The second-order valence-electron chi connectivity index (χ2n) is 18.1. The van der Waals surface area contributed by atoms with Crippen LogP contribution in [-0.4, -0.2) is 122 Å². The molecule has 0 aliphatic carbocycles. The molecule has 2 bridgehead atoms. The Kier molecular flexibility index (Phi) is 16.6. The molecule has 16 nitrogen and oxygen atoms in total. The molecule has 2 fully saturated rings. The number of hydrogen-bond acceptors (Lipinski definition) is 9. The molecule has 0 unspecified atom stereocenters. The van der Waals surface area contributed by atoms with Crippen LogP contribution >= 0.6 is 23.2 Å². The van der Waals surface area contributed by atoms with E-state index in [1.54, 1.807) is 47.4 Å². The average Bonchev–Trinajstić information content (AvgIpc) is 3.68. The monoisotopic (exact) mass is 980 g/mol. The summed E-state index contributed by atoms with van der Waals surface area (Å²) in [7, 11) is 5.91. The molecule has 5 N–H and O–H groups in total. The fraction of sp³-hybridized carbons (Fsp3) is 0.373. The van der Waals surface area contributed by atoms with Gasteiger partial charge in [0.1, 0.15) is 29.4 Å². The number of carbonyl (C=O) groups excluding carboxylic acids is 4. The number of amides is 5. The molecular formula is C51H58Cl2N8O8. The lowest BCUT2D eigenvalue weighted by Crippen LogP contribution is -2.65. The van der Waals surface area contributed by atoms with Crippen molar-refractivity contribution in [3.8, 4) is 22.8 Å². The lowest BCUT2D eigenvalue weighted by atomic mass is 9.81. The van der Waals surface area contributed by atoms with Crippen molar-refractivity contribution in [2.45, 2.75) is 69.2 Å². The summed E-state index contributed by atoms with van der Waals surface area (Å²) in [5.41, 5.74) is 2.90. The first kappa shape index (κ1) is 50.4. The van der Waals surface area contributed by atoms with Crippen LogP contribution in [0.5, 0.6) is 11.5 Å². The van der Waals surface area contributed by atoms with Crippen LogP contribution in [-0.2, 0) is 52.2 Å². The molecule has 2 aliphatic rings. The molecule has 364 valence electrons. The number of benzene rings is 4. The number of aromatic nitrogens is 2. The Labute approximate surface area is 411 Å². The topological polar surface area (TPSA) is 199 Å². The molecule has 18 heteroatoms. The molecule has 5 aromatic rings. The minimum Gasteiger partial charge on any atom is -0.465 e. The van der Waals surface area contributed by atoms with Crippen LogP contribution in [0.3, 0.4) is 0 Å². The zero-order valence-electron chi connectivity index (χ0n) is 38.9. The van der Waals surface area contributed by atoms with Crippen molar-refractivity contribution >= 4 is 52.9 Å². The van der Waals surface area contributed by atoms with Gasteiger partial charge >= 0.3 is 6.09 Å². The van der Waals surface area contributed by atoms with Crippen molar-refractivity contribution in [1.82, 2.24) is 40.2 Å². The van der Waals surface area contributed by atoms with Gasteiger partial charge in [-0.1, -0.05) is 71.7 Å². The lowest BCUT2D eigenvalue weighted by molar-refractivity contribution is -0.148. The normalized spacial score (nSPS) is 20.3. The van der Waals surface area contributed by atoms with E-state index in [1.807, 2.05) is 91.4 Å². The summed E-state index contributed by atoms with van der Waals surface area (Å²) in [5, 5.41) is 29.2. The Morgan fingerprint density at radius 2 is 1.67 bits per heavy atom. The minimum atomic E-state index is -1.48. The third-order valence-electron chi connectivity index (χ3n) is 12.6. The summed E-state index contributed by atoms with van der Waals surface area (Å²) in [6, 6.07) is 25.9. The van der Waals surface area contributed by atoms with Crippen LogP contribution in [0.1, 0.15) is 48.2 Å². The number of aliphatic hydroxyl groups is 1. The fourth-order valence-corrected chi connectivity index (χ4v) is 9.45. The highest BCUT2D eigenvalue weighted by Gasteiger charge is 2.43. The lowest BCUT2D eigenvalue weighted by Gasteiger charge is -2.45. The number of imidazole rings is 1. The minimum absolute atomic E-state index is 0.102. The largest absolute Gasteiger partial charge is 0.465 e. The van der Waals surface area contributed by atoms with E-state index in [1.165, 1.54) is 4.90 Å². The second-order valence-corrected chi connectivity index (χ2v) is 18.9. The Bertz CT molecular complexity index is 2610. The van der Waals surface area contributed by atoms with Crippen molar-refractivity contribution < 1.29 is 38.9 Å². The summed E-state index contributed by atoms with van der Waals surface area (Å²) in [4.78, 5) is 80.7. The zero-order valence-corrected chi connectivity index (χ0v) is 40.4. The molecular weight excluding hydrogens is 924 g/mol. The summed E-state index contributed by atoms with van der Waals surface area (Å²) in [5.74, 6) is -1.68. The number of rotatable bonds is 15. The molecule has 3 heterocycles. The number of carbonyl (C=O) groups is 5. The Morgan fingerprint density at radius 1 is 0.942 bits per heavy atom. The van der Waals surface area contributed by atoms with E-state index in [0.29, 0.717) is 53.7 Å². The SMILES string of the molecule is CN(C)Cc1ncc(-c2ccc(Oc3cc(Cl)ccc3CN3C(=O)C[C@@H](Cc4ccccc4)C(=O)N4CCC[C@@](Cc5ccc(Cl)cc5)(C4)NC(=O)[C@H](CO)NC(=O)[C@@H]3CCNC(=O)O)cc2)n1C. The first-order valence-corrected chi connectivity index (χ1v) is 23.6. The van der Waals surface area contributed by atoms with Crippen LogP contribution in [0.2, 0.25) is 10.0 Å². The maximum Gasteiger partial charge on any atom is 0.404 e. The van der Waals surface area contributed by atoms with Gasteiger partial charge in [0.2, 0.25) is 23.6 Å². The highest BCUT2D eigenvalue weighted by Crippen LogP contribution is 2.34. The Hall–Kier alpha value is -6.46. The Morgan fingerprint density at radius 3 is 2.36 bits per heavy atom. The van der Waals surface area contributed by atoms with Crippen molar-refractivity contribution in [3.63, 3.8) is 0 Å². The second kappa shape index (κ2) is 22.8. The molecule has 0 spiro atoms. The zero-order chi connectivity index (χ0) is 49.2. The molecule has 69 heavy (non-hydrogen) atoms. The third-order valence-corrected chi connectivity index (χ3v) is 13.1. The van der Waals surface area contributed by atoms with Crippen LogP contribution < -0.4 is 20.7 Å². The molecule has 5 amide bonds. The quantitative estimate of drug-likeness (QED) is 0.0822. The average molecular weight is 982 g/mol. The summed E-state index contributed by atoms with van der Waals surface area (Å²) < 4.78 is 8.49. The van der Waals surface area contributed by atoms with Crippen molar-refractivity contribution in [3.05, 3.63) is 136 Å². The van der Waals surface area contributed by atoms with Crippen LogP contribution in [0, 0.1) is 5.92 Å². The van der Waals surface area contributed by atoms with E-state index < -0.39 is 54.0 Å². The number of nitrogens with zero attached hydrogens (tertiary/aromatic N) is 5. The van der Waals surface area contributed by atoms with E-state index in [-0.39, 0.29) is 50.6 Å². The van der Waals surface area contributed by atoms with Gasteiger partial charge in [-0.15, -0.1) is 0 Å². The van der Waals surface area contributed by atoms with E-state index in [0.717, 1.165) is 28.2 Å². The Balaban J connectivity index is 1.26. The molecule has 2 aliphatic heterocycles. The van der Waals surface area contributed by atoms with Crippen LogP contribution in [0.25, 0.3) is 11.3 Å². The van der Waals surface area contributed by atoms with E-state index in [2.05, 4.69) is 20.9 Å². The maximum absolute atomic E-state index is 15.2. The van der Waals surface area contributed by atoms with Gasteiger partial charge in [0, 0.05) is 54.3 Å². The summed E-state index contributed by atoms with van der Waals surface area (Å²) in [6.45, 7) is -0.174. The molecule has 0 radical (unpaired) electrons. The van der Waals surface area contributed by atoms with Gasteiger partial charge in [0.05, 0.1) is 43.0 Å². The van der Waals surface area contributed by atoms with Gasteiger partial charge in [-0.05, 0) is 106 Å². The van der Waals surface area contributed by atoms with E-state index in [9.17, 15) is 24.6 Å². The number of hydrogen-bond donors (Lipinski definition) is 5. The van der Waals surface area contributed by atoms with Crippen molar-refractivity contribution in [1.29, 1.82) is 0 Å². The number of piperidine rings is 1. The van der Waals surface area contributed by atoms with Crippen LogP contribution in [0.4, 0.5) is 4.79 Å². The van der Waals surface area contributed by atoms with Gasteiger partial charge in [0.15, 0.2) is 0 Å². The van der Waals surface area contributed by atoms with Crippen molar-refractivity contribution in [2.75, 3.05) is 40.3 Å². The number of aliphatic hydroxyl groups excluding tert-OH is 1. The van der Waals surface area contributed by atoms with Gasteiger partial charge in [-0.2, -0.15) is 0 Å². The summed E-state index contributed by atoms with van der Waals surface area (Å²) >= 11 is 12.8. The summed E-state index contributed by atoms with van der Waals surface area (Å²) in [6.07, 6.45) is 1.42. The van der Waals surface area contributed by atoms with E-state index >= 15 is 9.59 Å². The van der Waals surface area contributed by atoms with Gasteiger partial charge in [-0.25, -0.2) is 9.78 Å². The first-order chi connectivity index (χ1) is 33.1. The fourth-order valence-electron chi connectivity index (χ4n) is 9.17. The number of ether oxygens (including phenoxy) is 1. The molecule has 4 atom stereocenters. The highest BCUT2D eigenvalue weighted by atomic mass is 35.5. The molecule has 1 aromatic heterocycles. The van der Waals surface area contributed by atoms with Crippen molar-refractivity contribution in [2.24, 2.45) is 13.0 Å². The predicted octanol–water partition coefficient (Wildman–Crippen LogP) is 6.06. The standard InChI is InChI=1S/C51H58Cl2N8O8/c1-58(2)30-45-55-28-43(59(45)3)35-13-18-40(19-14-35)69-44-26-39(53)17-12-36(44)29-61-42(20-22-54-50(67)68)48(65)56-41(31-62)47(64)57-51(27-34-10-15-38(52)16-11-34)21-7-23-60(32-51)49(66)37(25-46(61)63)24-33-8-5-4-6-9-33/h4-6,8-19,26,28,37,41-42,54,62H,7,20-25,27,29-32H2,1-3H3,(H,56,65)(H,57,64)(H,67,68)/t37-,41+,42+,51-/m1/s1. The number of halogens is 2. The molecule has 2 saturated heterocycles. The molecule has 4 aromatic carbocycles. The molecule has 7 rings (SSSR count). The highest BCUT2D eigenvalue weighted by molar-refractivity contribution is 6.31. The molecule has 0 saturated carbocycles. The van der Waals surface area contributed by atoms with Gasteiger partial charge < -0.3 is 50.2 Å². The third kappa shape index (κ3) is 13.0. The smallest absolute Gasteiger partial charge is 0.404 e. The predicted molar refractivity (Wildman–Crippen MR) is 262 cm³/mol. The van der Waals surface area contributed by atoms with Gasteiger partial charge in [-0.3, -0.25) is 19.2 Å². The van der Waals surface area contributed by atoms with Gasteiger partial charge in [0.25, 0.3) is 0 Å². The number of carboxylic acid groups (broad SMARTS) is 1. The maximum atomic E-state index is 15.2. The van der Waals surface area contributed by atoms with E-state index in [4.69, 9.17) is 27.9 Å². The number of fused-ring (bicyclic) bond motifs is 2. The van der Waals surface area contributed by atoms with Crippen LogP contribution in [0.15, 0.2) is 103 Å². The number of nitrogens with one attached hydrogen (secondary N) is 3.